The molecule has 0 bridgehead atoms. The maximum atomic E-state index is 11.6. The molecule has 2 rings (SSSR count). The third-order valence-electron chi connectivity index (χ3n) is 3.13. The number of hydrogen-bond donors (Lipinski definition) is 3. The van der Waals surface area contributed by atoms with E-state index in [1.807, 2.05) is 54.6 Å². The average Bonchev–Trinajstić information content (AvgIpc) is 2.58. The van der Waals surface area contributed by atoms with Gasteiger partial charge in [-0.2, -0.15) is 0 Å². The summed E-state index contributed by atoms with van der Waals surface area (Å²) in [5.41, 5.74) is 7.96. The largest absolute Gasteiger partial charge is 0.445 e. The van der Waals surface area contributed by atoms with Crippen LogP contribution in [0.5, 0.6) is 0 Å². The normalized spacial score (nSPS) is 10.4. The summed E-state index contributed by atoms with van der Waals surface area (Å²) in [4.78, 5) is 11.6. The van der Waals surface area contributed by atoms with E-state index in [0.717, 1.165) is 11.1 Å². The Bertz CT molecular complexity index is 696. The van der Waals surface area contributed by atoms with Crippen molar-refractivity contribution in [1.82, 2.24) is 5.32 Å². The fourth-order valence-corrected chi connectivity index (χ4v) is 1.99. The maximum absolute atomic E-state index is 11.6. The van der Waals surface area contributed by atoms with Crippen molar-refractivity contribution >= 4 is 18.0 Å². The van der Waals surface area contributed by atoms with Gasteiger partial charge in [0, 0.05) is 12.1 Å². The van der Waals surface area contributed by atoms with E-state index in [1.165, 1.54) is 0 Å². The molecule has 23 heavy (non-hydrogen) atoms. The standard InChI is InChI=1S/C18H19N3O2/c19-17(20)16-11-5-4-9-15(16)10-6-12-21-18(22)23-13-14-7-2-1-3-8-14/h1-11H,12-13H2,(H3,19,20)(H,21,22). The van der Waals surface area contributed by atoms with Crippen LogP contribution in [-0.2, 0) is 11.3 Å². The molecule has 118 valence electrons. The highest BCUT2D eigenvalue weighted by atomic mass is 16.5. The fourth-order valence-electron chi connectivity index (χ4n) is 1.99. The first-order chi connectivity index (χ1) is 11.2. The highest BCUT2D eigenvalue weighted by Gasteiger charge is 2.02. The van der Waals surface area contributed by atoms with Gasteiger partial charge in [0.1, 0.15) is 12.4 Å². The van der Waals surface area contributed by atoms with Crippen LogP contribution in [0.25, 0.3) is 6.08 Å². The molecule has 0 spiro atoms. The molecule has 2 aromatic rings. The molecular formula is C18H19N3O2. The average molecular weight is 309 g/mol. The number of rotatable bonds is 6. The molecule has 0 fully saturated rings. The molecule has 0 radical (unpaired) electrons. The van der Waals surface area contributed by atoms with Crippen molar-refractivity contribution < 1.29 is 9.53 Å². The Morgan fingerprint density at radius 1 is 1.13 bits per heavy atom. The summed E-state index contributed by atoms with van der Waals surface area (Å²) in [7, 11) is 0. The number of amides is 1. The van der Waals surface area contributed by atoms with Crippen LogP contribution < -0.4 is 11.1 Å². The van der Waals surface area contributed by atoms with Crippen molar-refractivity contribution in [3.8, 4) is 0 Å². The molecule has 0 aromatic heterocycles. The molecule has 0 unspecified atom stereocenters. The number of nitrogens with two attached hydrogens (primary N) is 1. The van der Waals surface area contributed by atoms with Gasteiger partial charge in [0.25, 0.3) is 0 Å². The van der Waals surface area contributed by atoms with Gasteiger partial charge in [-0.05, 0) is 11.1 Å². The van der Waals surface area contributed by atoms with E-state index in [2.05, 4.69) is 5.32 Å². The van der Waals surface area contributed by atoms with Crippen LogP contribution in [0.1, 0.15) is 16.7 Å². The molecule has 0 atom stereocenters. The van der Waals surface area contributed by atoms with Crippen LogP contribution in [0.15, 0.2) is 60.7 Å². The highest BCUT2D eigenvalue weighted by Crippen LogP contribution is 2.09. The van der Waals surface area contributed by atoms with E-state index >= 15 is 0 Å². The third-order valence-corrected chi connectivity index (χ3v) is 3.13. The van der Waals surface area contributed by atoms with Crippen molar-refractivity contribution in [3.05, 3.63) is 77.4 Å². The molecule has 0 aliphatic carbocycles. The number of alkyl carbamates (subject to hydrolysis) is 1. The van der Waals surface area contributed by atoms with Crippen molar-refractivity contribution in [2.75, 3.05) is 6.54 Å². The first-order valence-electron chi connectivity index (χ1n) is 7.21. The van der Waals surface area contributed by atoms with E-state index < -0.39 is 6.09 Å². The molecule has 1 amide bonds. The number of hydrogen-bond acceptors (Lipinski definition) is 3. The third kappa shape index (κ3) is 5.32. The van der Waals surface area contributed by atoms with Gasteiger partial charge >= 0.3 is 6.09 Å². The zero-order valence-electron chi connectivity index (χ0n) is 12.7. The topological polar surface area (TPSA) is 88.2 Å². The minimum Gasteiger partial charge on any atom is -0.445 e. The molecule has 2 aromatic carbocycles. The van der Waals surface area contributed by atoms with Crippen molar-refractivity contribution in [2.45, 2.75) is 6.61 Å². The van der Waals surface area contributed by atoms with Gasteiger partial charge in [-0.3, -0.25) is 5.41 Å². The predicted octanol–water partition coefficient (Wildman–Crippen LogP) is 2.91. The lowest BCUT2D eigenvalue weighted by molar-refractivity contribution is 0.141. The lowest BCUT2D eigenvalue weighted by Gasteiger charge is -2.06. The summed E-state index contributed by atoms with van der Waals surface area (Å²) in [5.74, 6) is 0.0143. The number of ether oxygens (including phenoxy) is 1. The number of nitrogen functional groups attached to an aromatic ring is 1. The van der Waals surface area contributed by atoms with Gasteiger partial charge in [0.05, 0.1) is 0 Å². The Morgan fingerprint density at radius 2 is 1.83 bits per heavy atom. The zero-order valence-corrected chi connectivity index (χ0v) is 12.7. The van der Waals surface area contributed by atoms with E-state index in [4.69, 9.17) is 15.9 Å². The Morgan fingerprint density at radius 3 is 2.57 bits per heavy atom. The highest BCUT2D eigenvalue weighted by molar-refractivity contribution is 5.98. The molecule has 0 saturated carbocycles. The summed E-state index contributed by atoms with van der Waals surface area (Å²) >= 11 is 0. The number of amidine groups is 1. The van der Waals surface area contributed by atoms with Gasteiger partial charge < -0.3 is 15.8 Å². The number of carbonyl (C=O) groups is 1. The second-order valence-electron chi connectivity index (χ2n) is 4.85. The second kappa shape index (κ2) is 8.38. The quantitative estimate of drug-likeness (QED) is 0.566. The lowest BCUT2D eigenvalue weighted by atomic mass is 10.1. The van der Waals surface area contributed by atoms with Gasteiger partial charge in [-0.1, -0.05) is 66.7 Å². The Kier molecular flexibility index (Phi) is 5.94. The summed E-state index contributed by atoms with van der Waals surface area (Å²) in [6.45, 7) is 0.573. The Labute approximate surface area is 135 Å². The summed E-state index contributed by atoms with van der Waals surface area (Å²) < 4.78 is 5.10. The fraction of sp³-hybridized carbons (Fsp3) is 0.111. The SMILES string of the molecule is N=C(N)c1ccccc1C=CCNC(=O)OCc1ccccc1. The zero-order chi connectivity index (χ0) is 16.5. The van der Waals surface area contributed by atoms with Crippen LogP contribution in [0.2, 0.25) is 0 Å². The molecule has 0 saturated heterocycles. The molecule has 0 heterocycles. The Hall–Kier alpha value is -3.08. The Balaban J connectivity index is 1.78. The molecule has 0 aliphatic heterocycles. The minimum atomic E-state index is -0.474. The summed E-state index contributed by atoms with van der Waals surface area (Å²) in [6.07, 6.45) is 3.12. The first kappa shape index (κ1) is 16.3. The van der Waals surface area contributed by atoms with Crippen molar-refractivity contribution in [2.24, 2.45) is 5.73 Å². The molecule has 5 heteroatoms. The van der Waals surface area contributed by atoms with Crippen LogP contribution >= 0.6 is 0 Å². The molecule has 0 aliphatic rings. The monoisotopic (exact) mass is 309 g/mol. The lowest BCUT2D eigenvalue weighted by Crippen LogP contribution is -2.24. The van der Waals surface area contributed by atoms with E-state index in [-0.39, 0.29) is 12.4 Å². The second-order valence-corrected chi connectivity index (χ2v) is 4.85. The first-order valence-corrected chi connectivity index (χ1v) is 7.21. The van der Waals surface area contributed by atoms with Crippen LogP contribution in [0.3, 0.4) is 0 Å². The van der Waals surface area contributed by atoms with Gasteiger partial charge in [-0.25, -0.2) is 4.79 Å². The van der Waals surface area contributed by atoms with Crippen LogP contribution in [-0.4, -0.2) is 18.5 Å². The minimum absolute atomic E-state index is 0.0143. The number of carbonyl (C=O) groups excluding carboxylic acids is 1. The molecular weight excluding hydrogens is 290 g/mol. The van der Waals surface area contributed by atoms with Crippen LogP contribution in [0.4, 0.5) is 4.79 Å². The molecule has 5 nitrogen and oxygen atoms in total. The van der Waals surface area contributed by atoms with Crippen molar-refractivity contribution in [1.29, 1.82) is 5.41 Å². The predicted molar refractivity (Wildman–Crippen MR) is 91.1 cm³/mol. The maximum Gasteiger partial charge on any atom is 0.407 e. The number of nitrogens with one attached hydrogen (secondary N) is 2. The summed E-state index contributed by atoms with van der Waals surface area (Å²) in [6, 6.07) is 16.8. The smallest absolute Gasteiger partial charge is 0.407 e. The van der Waals surface area contributed by atoms with E-state index in [9.17, 15) is 4.79 Å². The van der Waals surface area contributed by atoms with E-state index in [1.54, 1.807) is 12.1 Å². The van der Waals surface area contributed by atoms with Crippen molar-refractivity contribution in [3.63, 3.8) is 0 Å². The van der Waals surface area contributed by atoms with Crippen LogP contribution in [0, 0.1) is 5.41 Å². The van der Waals surface area contributed by atoms with Gasteiger partial charge in [-0.15, -0.1) is 0 Å². The molecule has 4 N–H and O–H groups in total. The number of benzene rings is 2. The van der Waals surface area contributed by atoms with E-state index in [0.29, 0.717) is 12.1 Å². The van der Waals surface area contributed by atoms with Gasteiger partial charge in [0.15, 0.2) is 0 Å². The van der Waals surface area contributed by atoms with Gasteiger partial charge in [0.2, 0.25) is 0 Å². The summed E-state index contributed by atoms with van der Waals surface area (Å²) in [5, 5.41) is 10.2.